The molecule has 0 bridgehead atoms. The minimum Gasteiger partial charge on any atom is -0.351 e. The van der Waals surface area contributed by atoms with Gasteiger partial charge in [-0.05, 0) is 25.2 Å². The molecule has 0 saturated heterocycles. The van der Waals surface area contributed by atoms with Crippen LogP contribution < -0.4 is 4.90 Å². The summed E-state index contributed by atoms with van der Waals surface area (Å²) >= 11 is 1.51. The zero-order valence-corrected chi connectivity index (χ0v) is 11.1. The van der Waals surface area contributed by atoms with E-state index in [2.05, 4.69) is 23.9 Å². The van der Waals surface area contributed by atoms with Crippen molar-refractivity contribution in [2.45, 2.75) is 27.2 Å². The first kappa shape index (κ1) is 11.6. The van der Waals surface area contributed by atoms with Crippen LogP contribution in [0, 0.1) is 18.8 Å². The first-order valence-electron chi connectivity index (χ1n) is 5.68. The van der Waals surface area contributed by atoms with Crippen molar-refractivity contribution in [1.29, 1.82) is 0 Å². The molecule has 0 aromatic carbocycles. The number of anilines is 1. The average Bonchev–Trinajstić information content (AvgIpc) is 2.74. The van der Waals surface area contributed by atoms with Gasteiger partial charge in [0, 0.05) is 20.5 Å². The van der Waals surface area contributed by atoms with E-state index in [9.17, 15) is 4.79 Å². The number of aromatic nitrogens is 1. The maximum absolute atomic E-state index is 11.3. The van der Waals surface area contributed by atoms with Crippen LogP contribution in [0.15, 0.2) is 0 Å². The van der Waals surface area contributed by atoms with Crippen molar-refractivity contribution in [3.63, 3.8) is 0 Å². The molecule has 0 amide bonds. The lowest BCUT2D eigenvalue weighted by atomic mass is 10.3. The van der Waals surface area contributed by atoms with Crippen molar-refractivity contribution in [3.05, 3.63) is 10.6 Å². The second kappa shape index (κ2) is 4.17. The summed E-state index contributed by atoms with van der Waals surface area (Å²) < 4.78 is 0. The van der Waals surface area contributed by atoms with Gasteiger partial charge in [-0.15, -0.1) is 0 Å². The summed E-state index contributed by atoms with van der Waals surface area (Å²) in [7, 11) is 2.06. The molecular formula is C12H18N2OS. The number of carbonyl (C=O) groups is 1. The Balaban J connectivity index is 2.08. The fourth-order valence-corrected chi connectivity index (χ4v) is 2.89. The van der Waals surface area contributed by atoms with Crippen LogP contribution in [-0.4, -0.2) is 24.4 Å². The molecule has 2 atom stereocenters. The average molecular weight is 238 g/mol. The van der Waals surface area contributed by atoms with E-state index in [1.165, 1.54) is 17.8 Å². The third-order valence-corrected chi connectivity index (χ3v) is 4.59. The van der Waals surface area contributed by atoms with Crippen LogP contribution in [0.1, 0.15) is 35.6 Å². The van der Waals surface area contributed by atoms with E-state index in [1.807, 2.05) is 6.92 Å². The molecule has 0 spiro atoms. The number of nitrogens with zero attached hydrogens (tertiary/aromatic N) is 2. The highest BCUT2D eigenvalue weighted by molar-refractivity contribution is 7.17. The lowest BCUT2D eigenvalue weighted by Gasteiger charge is -2.14. The Labute approximate surface area is 100 Å². The number of aryl methyl sites for hydroxylation is 1. The summed E-state index contributed by atoms with van der Waals surface area (Å²) in [5.41, 5.74) is 0.864. The van der Waals surface area contributed by atoms with Crippen molar-refractivity contribution in [1.82, 2.24) is 4.98 Å². The highest BCUT2D eigenvalue weighted by Crippen LogP contribution is 2.39. The van der Waals surface area contributed by atoms with Gasteiger partial charge in [-0.2, -0.15) is 0 Å². The Kier molecular flexibility index (Phi) is 3.02. The van der Waals surface area contributed by atoms with Crippen LogP contribution in [0.25, 0.3) is 0 Å². The first-order chi connectivity index (χ1) is 7.49. The fourth-order valence-electron chi connectivity index (χ4n) is 1.96. The molecule has 3 nitrogen and oxygen atoms in total. The van der Waals surface area contributed by atoms with Gasteiger partial charge >= 0.3 is 0 Å². The number of carbonyl (C=O) groups excluding carboxylic acids is 1. The normalized spacial score (nSPS) is 23.2. The number of rotatable bonds is 4. The van der Waals surface area contributed by atoms with Crippen LogP contribution in [0.3, 0.4) is 0 Å². The molecular weight excluding hydrogens is 220 g/mol. The van der Waals surface area contributed by atoms with Gasteiger partial charge in [0.1, 0.15) is 0 Å². The third-order valence-electron chi connectivity index (χ3n) is 3.22. The number of hydrogen-bond donors (Lipinski definition) is 0. The van der Waals surface area contributed by atoms with Crippen molar-refractivity contribution >= 4 is 22.3 Å². The van der Waals surface area contributed by atoms with Gasteiger partial charge in [0.2, 0.25) is 0 Å². The Morgan fingerprint density at radius 1 is 1.62 bits per heavy atom. The zero-order chi connectivity index (χ0) is 11.9. The van der Waals surface area contributed by atoms with Crippen molar-refractivity contribution < 1.29 is 4.79 Å². The summed E-state index contributed by atoms with van der Waals surface area (Å²) in [4.78, 5) is 18.8. The molecule has 2 unspecified atom stereocenters. The van der Waals surface area contributed by atoms with Crippen LogP contribution >= 0.6 is 11.3 Å². The van der Waals surface area contributed by atoms with Crippen molar-refractivity contribution in [2.24, 2.45) is 11.8 Å². The maximum atomic E-state index is 11.3. The molecule has 1 fully saturated rings. The largest absolute Gasteiger partial charge is 0.351 e. The molecule has 1 aliphatic carbocycles. The van der Waals surface area contributed by atoms with Crippen LogP contribution in [0.2, 0.25) is 0 Å². The minimum atomic E-state index is 0.120. The lowest BCUT2D eigenvalue weighted by Crippen LogP contribution is -2.20. The van der Waals surface area contributed by atoms with Gasteiger partial charge in [0.15, 0.2) is 10.9 Å². The third kappa shape index (κ3) is 2.26. The number of thiazole rings is 1. The highest BCUT2D eigenvalue weighted by atomic mass is 32.1. The zero-order valence-electron chi connectivity index (χ0n) is 10.3. The SMILES string of the molecule is CC(=O)c1sc(N(C)CC2CC2C)nc1C. The molecule has 2 rings (SSSR count). The number of hydrogen-bond acceptors (Lipinski definition) is 4. The first-order valence-corrected chi connectivity index (χ1v) is 6.50. The number of ketones is 1. The smallest absolute Gasteiger partial charge is 0.185 e. The van der Waals surface area contributed by atoms with E-state index < -0.39 is 0 Å². The molecule has 0 aliphatic heterocycles. The Bertz CT molecular complexity index is 413. The molecule has 4 heteroatoms. The lowest BCUT2D eigenvalue weighted by molar-refractivity contribution is 0.102. The van der Waals surface area contributed by atoms with Gasteiger partial charge in [0.05, 0.1) is 10.6 Å². The highest BCUT2D eigenvalue weighted by Gasteiger charge is 2.33. The minimum absolute atomic E-state index is 0.120. The molecule has 0 N–H and O–H groups in total. The van der Waals surface area contributed by atoms with E-state index >= 15 is 0 Å². The predicted molar refractivity (Wildman–Crippen MR) is 67.4 cm³/mol. The van der Waals surface area contributed by atoms with E-state index in [-0.39, 0.29) is 5.78 Å². The van der Waals surface area contributed by atoms with Gasteiger partial charge < -0.3 is 4.90 Å². The monoisotopic (exact) mass is 238 g/mol. The van der Waals surface area contributed by atoms with Gasteiger partial charge in [-0.3, -0.25) is 4.79 Å². The Morgan fingerprint density at radius 3 is 2.69 bits per heavy atom. The second-order valence-corrected chi connectivity index (χ2v) is 5.80. The molecule has 88 valence electrons. The van der Waals surface area contributed by atoms with Gasteiger partial charge in [0.25, 0.3) is 0 Å². The van der Waals surface area contributed by atoms with Crippen LogP contribution in [0.4, 0.5) is 5.13 Å². The Morgan fingerprint density at radius 2 is 2.25 bits per heavy atom. The Hall–Kier alpha value is -0.900. The fraction of sp³-hybridized carbons (Fsp3) is 0.667. The summed E-state index contributed by atoms with van der Waals surface area (Å²) in [5.74, 6) is 1.79. The molecule has 1 aromatic heterocycles. The molecule has 1 aromatic rings. The topological polar surface area (TPSA) is 33.2 Å². The summed E-state index contributed by atoms with van der Waals surface area (Å²) in [6, 6.07) is 0. The maximum Gasteiger partial charge on any atom is 0.185 e. The van der Waals surface area contributed by atoms with Crippen molar-refractivity contribution in [3.8, 4) is 0 Å². The molecule has 1 aliphatic rings. The van der Waals surface area contributed by atoms with E-state index in [0.717, 1.165) is 34.1 Å². The molecule has 1 saturated carbocycles. The summed E-state index contributed by atoms with van der Waals surface area (Å²) in [5, 5.41) is 0.974. The van der Waals surface area contributed by atoms with Crippen molar-refractivity contribution in [2.75, 3.05) is 18.5 Å². The van der Waals surface area contributed by atoms with E-state index in [0.29, 0.717) is 0 Å². The molecule has 0 radical (unpaired) electrons. The summed E-state index contributed by atoms with van der Waals surface area (Å²) in [6.07, 6.45) is 1.33. The molecule has 1 heterocycles. The van der Waals surface area contributed by atoms with E-state index in [4.69, 9.17) is 0 Å². The second-order valence-electron chi connectivity index (χ2n) is 4.82. The van der Waals surface area contributed by atoms with E-state index in [1.54, 1.807) is 6.92 Å². The quantitative estimate of drug-likeness (QED) is 0.756. The predicted octanol–water partition coefficient (Wildman–Crippen LogP) is 2.75. The number of Topliss-reactive ketones (excluding diaryl/α,β-unsaturated/α-hetero) is 1. The van der Waals surface area contributed by atoms with Gasteiger partial charge in [-0.25, -0.2) is 4.98 Å². The molecule has 16 heavy (non-hydrogen) atoms. The van der Waals surface area contributed by atoms with Crippen LogP contribution in [-0.2, 0) is 0 Å². The van der Waals surface area contributed by atoms with Gasteiger partial charge in [-0.1, -0.05) is 18.3 Å². The summed E-state index contributed by atoms with van der Waals surface area (Å²) in [6.45, 7) is 6.86. The standard InChI is InChI=1S/C12H18N2OS/c1-7-5-10(7)6-14(4)12-13-8(2)11(16-12)9(3)15/h7,10H,5-6H2,1-4H3. The van der Waals surface area contributed by atoms with Crippen LogP contribution in [0.5, 0.6) is 0 Å².